The molecule has 3 heteroatoms. The van der Waals surface area contributed by atoms with Gasteiger partial charge in [-0.25, -0.2) is 0 Å². The van der Waals surface area contributed by atoms with E-state index in [9.17, 15) is 5.26 Å². The second kappa shape index (κ2) is 4.25. The lowest BCUT2D eigenvalue weighted by atomic mass is 9.96. The Balaban J connectivity index is 2.39. The predicted molar refractivity (Wildman–Crippen MR) is 59.8 cm³/mol. The molecule has 0 fully saturated rings. The molecule has 0 bridgehead atoms. The van der Waals surface area contributed by atoms with Gasteiger partial charge < -0.3 is 9.84 Å². The Labute approximate surface area is 95.3 Å². The van der Waals surface area contributed by atoms with Crippen LogP contribution in [0.25, 0.3) is 0 Å². The van der Waals surface area contributed by atoms with E-state index in [2.05, 4.69) is 18.2 Å². The first kappa shape index (κ1) is 11.1. The zero-order valence-corrected chi connectivity index (χ0v) is 9.36. The molecule has 1 aliphatic rings. The molecule has 1 unspecified atom stereocenters. The highest BCUT2D eigenvalue weighted by Gasteiger charge is 2.40. The standard InChI is InChI=1S/C13H15NO2/c1-10-2-3-11-4-5-13(9-14,12(11)8-10)16-7-6-15/h2-3,8,15H,4-7H2,1H3. The summed E-state index contributed by atoms with van der Waals surface area (Å²) in [6.07, 6.45) is 1.55. The van der Waals surface area contributed by atoms with Crippen LogP contribution in [0.3, 0.4) is 0 Å². The second-order valence-corrected chi connectivity index (χ2v) is 4.17. The summed E-state index contributed by atoms with van der Waals surface area (Å²) in [5.41, 5.74) is 2.45. The molecule has 1 N–H and O–H groups in total. The lowest BCUT2D eigenvalue weighted by Gasteiger charge is -2.22. The van der Waals surface area contributed by atoms with Gasteiger partial charge in [0.2, 0.25) is 0 Å². The number of ether oxygens (including phenoxy) is 1. The zero-order valence-electron chi connectivity index (χ0n) is 9.36. The molecule has 0 saturated heterocycles. The number of aliphatic hydroxyl groups is 1. The van der Waals surface area contributed by atoms with Crippen molar-refractivity contribution < 1.29 is 9.84 Å². The second-order valence-electron chi connectivity index (χ2n) is 4.17. The van der Waals surface area contributed by atoms with Gasteiger partial charge in [0, 0.05) is 5.56 Å². The number of hydrogen-bond acceptors (Lipinski definition) is 3. The molecule has 0 amide bonds. The van der Waals surface area contributed by atoms with E-state index in [1.54, 1.807) is 0 Å². The normalized spacial score (nSPS) is 22.8. The van der Waals surface area contributed by atoms with Gasteiger partial charge in [-0.2, -0.15) is 5.26 Å². The molecule has 1 aromatic rings. The van der Waals surface area contributed by atoms with E-state index in [1.807, 2.05) is 13.0 Å². The van der Waals surface area contributed by atoms with Crippen LogP contribution in [0.5, 0.6) is 0 Å². The molecule has 0 radical (unpaired) electrons. The number of hydrogen-bond donors (Lipinski definition) is 1. The van der Waals surface area contributed by atoms with Gasteiger partial charge in [0.05, 0.1) is 13.2 Å². The summed E-state index contributed by atoms with van der Waals surface area (Å²) >= 11 is 0. The topological polar surface area (TPSA) is 53.2 Å². The van der Waals surface area contributed by atoms with Crippen LogP contribution in [0, 0.1) is 18.3 Å². The lowest BCUT2D eigenvalue weighted by molar-refractivity contribution is -0.0218. The first-order valence-corrected chi connectivity index (χ1v) is 5.48. The van der Waals surface area contributed by atoms with Crippen LogP contribution in [0.15, 0.2) is 18.2 Å². The van der Waals surface area contributed by atoms with Crippen molar-refractivity contribution in [3.63, 3.8) is 0 Å². The molecule has 3 nitrogen and oxygen atoms in total. The average Bonchev–Trinajstić information content (AvgIpc) is 2.66. The molecule has 0 spiro atoms. The molecule has 0 saturated carbocycles. The van der Waals surface area contributed by atoms with E-state index < -0.39 is 5.60 Å². The Hall–Kier alpha value is -1.37. The number of nitrogens with zero attached hydrogens (tertiary/aromatic N) is 1. The van der Waals surface area contributed by atoms with Gasteiger partial charge >= 0.3 is 0 Å². The number of nitriles is 1. The minimum Gasteiger partial charge on any atom is -0.394 e. The largest absolute Gasteiger partial charge is 0.394 e. The van der Waals surface area contributed by atoms with Crippen LogP contribution >= 0.6 is 0 Å². The fraction of sp³-hybridized carbons (Fsp3) is 0.462. The van der Waals surface area contributed by atoms with E-state index in [-0.39, 0.29) is 13.2 Å². The van der Waals surface area contributed by atoms with E-state index in [4.69, 9.17) is 9.84 Å². The molecule has 0 aliphatic heterocycles. The van der Waals surface area contributed by atoms with Gasteiger partial charge in [-0.15, -0.1) is 0 Å². The number of aliphatic hydroxyl groups excluding tert-OH is 1. The minimum absolute atomic E-state index is 0.0510. The Bertz CT molecular complexity index is 436. The average molecular weight is 217 g/mol. The van der Waals surface area contributed by atoms with Crippen LogP contribution in [0.1, 0.15) is 23.1 Å². The van der Waals surface area contributed by atoms with Crippen molar-refractivity contribution in [2.45, 2.75) is 25.4 Å². The Morgan fingerprint density at radius 2 is 2.38 bits per heavy atom. The minimum atomic E-state index is -0.843. The van der Waals surface area contributed by atoms with Crippen molar-refractivity contribution in [1.29, 1.82) is 5.26 Å². The van der Waals surface area contributed by atoms with Crippen molar-refractivity contribution in [2.24, 2.45) is 0 Å². The SMILES string of the molecule is Cc1ccc2c(c1)C(C#N)(OCCO)CC2. The van der Waals surface area contributed by atoms with Crippen molar-refractivity contribution >= 4 is 0 Å². The summed E-state index contributed by atoms with van der Waals surface area (Å²) in [7, 11) is 0. The lowest BCUT2D eigenvalue weighted by Crippen LogP contribution is -2.26. The highest BCUT2D eigenvalue weighted by Crippen LogP contribution is 2.39. The first-order chi connectivity index (χ1) is 7.72. The highest BCUT2D eigenvalue weighted by molar-refractivity contribution is 5.43. The van der Waals surface area contributed by atoms with E-state index in [0.717, 1.165) is 17.5 Å². The Morgan fingerprint density at radius 1 is 1.56 bits per heavy atom. The van der Waals surface area contributed by atoms with Gasteiger partial charge in [0.25, 0.3) is 0 Å². The number of fused-ring (bicyclic) bond motifs is 1. The molecular formula is C13H15NO2. The maximum atomic E-state index is 9.32. The summed E-state index contributed by atoms with van der Waals surface area (Å²) in [4.78, 5) is 0. The van der Waals surface area contributed by atoms with Gasteiger partial charge in [-0.3, -0.25) is 0 Å². The Morgan fingerprint density at radius 3 is 3.06 bits per heavy atom. The number of aryl methyl sites for hydroxylation is 2. The van der Waals surface area contributed by atoms with E-state index in [0.29, 0.717) is 6.42 Å². The zero-order chi connectivity index (χ0) is 11.6. The maximum absolute atomic E-state index is 9.32. The van der Waals surface area contributed by atoms with Gasteiger partial charge in [-0.05, 0) is 25.3 Å². The maximum Gasteiger partial charge on any atom is 0.180 e. The molecule has 1 aromatic carbocycles. The van der Waals surface area contributed by atoms with Crippen LogP contribution in [-0.4, -0.2) is 18.3 Å². The van der Waals surface area contributed by atoms with Crippen LogP contribution < -0.4 is 0 Å². The summed E-state index contributed by atoms with van der Waals surface area (Å²) in [6, 6.07) is 8.39. The van der Waals surface area contributed by atoms with Gasteiger partial charge in [0.15, 0.2) is 5.60 Å². The van der Waals surface area contributed by atoms with Gasteiger partial charge in [-0.1, -0.05) is 23.8 Å². The fourth-order valence-corrected chi connectivity index (χ4v) is 2.25. The van der Waals surface area contributed by atoms with Crippen LogP contribution in [0.4, 0.5) is 0 Å². The third-order valence-electron chi connectivity index (χ3n) is 3.07. The van der Waals surface area contributed by atoms with Crippen molar-refractivity contribution in [3.8, 4) is 6.07 Å². The fourth-order valence-electron chi connectivity index (χ4n) is 2.25. The van der Waals surface area contributed by atoms with Crippen molar-refractivity contribution in [3.05, 3.63) is 34.9 Å². The van der Waals surface area contributed by atoms with Crippen LogP contribution in [0.2, 0.25) is 0 Å². The Kier molecular flexibility index (Phi) is 2.95. The molecule has 16 heavy (non-hydrogen) atoms. The summed E-state index contributed by atoms with van der Waals surface area (Å²) < 4.78 is 5.56. The van der Waals surface area contributed by atoms with Crippen LogP contribution in [-0.2, 0) is 16.8 Å². The predicted octanol–water partition coefficient (Wildman–Crippen LogP) is 1.67. The molecular weight excluding hydrogens is 202 g/mol. The van der Waals surface area contributed by atoms with E-state index >= 15 is 0 Å². The number of rotatable bonds is 3. The summed E-state index contributed by atoms with van der Waals surface area (Å²) in [6.45, 7) is 2.16. The number of benzene rings is 1. The smallest absolute Gasteiger partial charge is 0.180 e. The third kappa shape index (κ3) is 1.71. The quantitative estimate of drug-likeness (QED) is 0.837. The third-order valence-corrected chi connectivity index (χ3v) is 3.07. The highest BCUT2D eigenvalue weighted by atomic mass is 16.5. The molecule has 0 heterocycles. The first-order valence-electron chi connectivity index (χ1n) is 5.48. The molecule has 0 aromatic heterocycles. The monoisotopic (exact) mass is 217 g/mol. The summed E-state index contributed by atoms with van der Waals surface area (Å²) in [5, 5.41) is 18.1. The molecule has 1 aliphatic carbocycles. The molecule has 84 valence electrons. The molecule has 2 rings (SSSR count). The van der Waals surface area contributed by atoms with Crippen molar-refractivity contribution in [1.82, 2.24) is 0 Å². The van der Waals surface area contributed by atoms with Crippen molar-refractivity contribution in [2.75, 3.05) is 13.2 Å². The van der Waals surface area contributed by atoms with Gasteiger partial charge in [0.1, 0.15) is 6.07 Å². The van der Waals surface area contributed by atoms with E-state index in [1.165, 1.54) is 5.56 Å². The summed E-state index contributed by atoms with van der Waals surface area (Å²) in [5.74, 6) is 0. The molecule has 1 atom stereocenters.